The maximum absolute atomic E-state index is 9.44. The second kappa shape index (κ2) is 4.21. The summed E-state index contributed by atoms with van der Waals surface area (Å²) in [5, 5.41) is 18.8. The third-order valence-electron chi connectivity index (χ3n) is 2.10. The van der Waals surface area contributed by atoms with Gasteiger partial charge < -0.3 is 14.9 Å². The maximum Gasteiger partial charge on any atom is 0.103 e. The minimum absolute atomic E-state index is 0.117. The van der Waals surface area contributed by atoms with Gasteiger partial charge in [-0.15, -0.1) is 0 Å². The molecule has 2 unspecified atom stereocenters. The molecule has 1 fully saturated rings. The SMILES string of the molecule is CC(C)OCC(O)C(O)C1CC1. The largest absolute Gasteiger partial charge is 0.390 e. The minimum atomic E-state index is -0.708. The van der Waals surface area contributed by atoms with Gasteiger partial charge in [0.05, 0.1) is 18.8 Å². The summed E-state index contributed by atoms with van der Waals surface area (Å²) in [6, 6.07) is 0. The molecule has 0 aromatic heterocycles. The first-order valence-corrected chi connectivity index (χ1v) is 4.59. The van der Waals surface area contributed by atoms with Crippen LogP contribution in [0.4, 0.5) is 0 Å². The van der Waals surface area contributed by atoms with Crippen LogP contribution in [0.3, 0.4) is 0 Å². The van der Waals surface area contributed by atoms with Crippen molar-refractivity contribution in [3.05, 3.63) is 0 Å². The van der Waals surface area contributed by atoms with Crippen LogP contribution in [0.25, 0.3) is 0 Å². The number of ether oxygens (including phenoxy) is 1. The highest BCUT2D eigenvalue weighted by atomic mass is 16.5. The van der Waals surface area contributed by atoms with Crippen LogP contribution in [0.5, 0.6) is 0 Å². The molecule has 0 bridgehead atoms. The zero-order valence-corrected chi connectivity index (χ0v) is 7.73. The molecule has 3 heteroatoms. The van der Waals surface area contributed by atoms with Crippen molar-refractivity contribution in [2.75, 3.05) is 6.61 Å². The van der Waals surface area contributed by atoms with E-state index in [1.54, 1.807) is 0 Å². The van der Waals surface area contributed by atoms with E-state index in [9.17, 15) is 10.2 Å². The first kappa shape index (κ1) is 9.96. The van der Waals surface area contributed by atoms with Crippen LogP contribution in [-0.2, 0) is 4.74 Å². The fraction of sp³-hybridized carbons (Fsp3) is 1.00. The number of hydrogen-bond acceptors (Lipinski definition) is 3. The van der Waals surface area contributed by atoms with Gasteiger partial charge in [0.1, 0.15) is 6.10 Å². The Bertz CT molecular complexity index is 132. The normalized spacial score (nSPS) is 22.8. The predicted octanol–water partition coefficient (Wildman–Crippen LogP) is 0.543. The summed E-state index contributed by atoms with van der Waals surface area (Å²) >= 11 is 0. The Kier molecular flexibility index (Phi) is 3.50. The molecule has 0 aromatic carbocycles. The zero-order valence-electron chi connectivity index (χ0n) is 7.73. The third-order valence-corrected chi connectivity index (χ3v) is 2.10. The van der Waals surface area contributed by atoms with Crippen molar-refractivity contribution in [3.8, 4) is 0 Å². The molecule has 2 atom stereocenters. The van der Waals surface area contributed by atoms with E-state index in [1.165, 1.54) is 0 Å². The summed E-state index contributed by atoms with van der Waals surface area (Å²) in [6.07, 6.45) is 0.912. The van der Waals surface area contributed by atoms with Gasteiger partial charge in [0.25, 0.3) is 0 Å². The second-order valence-corrected chi connectivity index (χ2v) is 3.78. The van der Waals surface area contributed by atoms with Crippen LogP contribution in [0.1, 0.15) is 26.7 Å². The topological polar surface area (TPSA) is 49.7 Å². The summed E-state index contributed by atoms with van der Waals surface area (Å²) in [5.41, 5.74) is 0. The lowest BCUT2D eigenvalue weighted by Gasteiger charge is -2.18. The average molecular weight is 174 g/mol. The molecular weight excluding hydrogens is 156 g/mol. The van der Waals surface area contributed by atoms with E-state index in [2.05, 4.69) is 0 Å². The Morgan fingerprint density at radius 2 is 1.92 bits per heavy atom. The summed E-state index contributed by atoms with van der Waals surface area (Å²) in [4.78, 5) is 0. The molecule has 72 valence electrons. The molecule has 0 aliphatic heterocycles. The van der Waals surface area contributed by atoms with E-state index in [-0.39, 0.29) is 12.7 Å². The van der Waals surface area contributed by atoms with Gasteiger partial charge in [-0.05, 0) is 32.6 Å². The van der Waals surface area contributed by atoms with Gasteiger partial charge in [0.2, 0.25) is 0 Å². The quantitative estimate of drug-likeness (QED) is 0.639. The van der Waals surface area contributed by atoms with Crippen LogP contribution in [0, 0.1) is 5.92 Å². The lowest BCUT2D eigenvalue weighted by Crippen LogP contribution is -2.33. The van der Waals surface area contributed by atoms with Crippen LogP contribution in [-0.4, -0.2) is 35.1 Å². The van der Waals surface area contributed by atoms with E-state index in [4.69, 9.17) is 4.74 Å². The molecule has 12 heavy (non-hydrogen) atoms. The summed E-state index contributed by atoms with van der Waals surface area (Å²) < 4.78 is 5.19. The Hall–Kier alpha value is -0.120. The monoisotopic (exact) mass is 174 g/mol. The smallest absolute Gasteiger partial charge is 0.103 e. The minimum Gasteiger partial charge on any atom is -0.390 e. The van der Waals surface area contributed by atoms with Gasteiger partial charge >= 0.3 is 0 Å². The van der Waals surface area contributed by atoms with E-state index >= 15 is 0 Å². The van der Waals surface area contributed by atoms with Crippen LogP contribution in [0.2, 0.25) is 0 Å². The predicted molar refractivity (Wildman–Crippen MR) is 45.8 cm³/mol. The molecule has 1 aliphatic rings. The fourth-order valence-corrected chi connectivity index (χ4v) is 1.14. The van der Waals surface area contributed by atoms with Crippen molar-refractivity contribution in [2.45, 2.75) is 45.0 Å². The van der Waals surface area contributed by atoms with Gasteiger partial charge in [-0.25, -0.2) is 0 Å². The van der Waals surface area contributed by atoms with Crippen molar-refractivity contribution in [1.29, 1.82) is 0 Å². The first-order valence-electron chi connectivity index (χ1n) is 4.59. The molecule has 3 nitrogen and oxygen atoms in total. The molecule has 0 saturated heterocycles. The molecule has 0 amide bonds. The first-order chi connectivity index (χ1) is 5.61. The van der Waals surface area contributed by atoms with Gasteiger partial charge in [-0.2, -0.15) is 0 Å². The highest BCUT2D eigenvalue weighted by Crippen LogP contribution is 2.33. The third kappa shape index (κ3) is 3.09. The van der Waals surface area contributed by atoms with Gasteiger partial charge in [0.15, 0.2) is 0 Å². The standard InChI is InChI=1S/C9H18O3/c1-6(2)12-5-8(10)9(11)7-3-4-7/h6-11H,3-5H2,1-2H3. The van der Waals surface area contributed by atoms with Crippen LogP contribution >= 0.6 is 0 Å². The van der Waals surface area contributed by atoms with E-state index < -0.39 is 12.2 Å². The van der Waals surface area contributed by atoms with Crippen LogP contribution in [0.15, 0.2) is 0 Å². The highest BCUT2D eigenvalue weighted by molar-refractivity contribution is 4.85. The van der Waals surface area contributed by atoms with Gasteiger partial charge in [-0.1, -0.05) is 0 Å². The Morgan fingerprint density at radius 1 is 1.33 bits per heavy atom. The molecule has 1 rings (SSSR count). The molecule has 0 spiro atoms. The Labute approximate surface area is 73.4 Å². The number of hydrogen-bond donors (Lipinski definition) is 2. The highest BCUT2D eigenvalue weighted by Gasteiger charge is 2.34. The Balaban J connectivity index is 2.13. The summed E-state index contributed by atoms with van der Waals surface area (Å²) in [5.74, 6) is 0.316. The number of aliphatic hydroxyl groups excluding tert-OH is 2. The van der Waals surface area contributed by atoms with Crippen molar-refractivity contribution in [1.82, 2.24) is 0 Å². The van der Waals surface area contributed by atoms with Gasteiger partial charge in [-0.3, -0.25) is 0 Å². The lowest BCUT2D eigenvalue weighted by atomic mass is 10.1. The fourth-order valence-electron chi connectivity index (χ4n) is 1.14. The molecule has 0 radical (unpaired) electrons. The molecule has 1 aliphatic carbocycles. The average Bonchev–Trinajstić information content (AvgIpc) is 2.80. The molecule has 1 saturated carbocycles. The van der Waals surface area contributed by atoms with Crippen molar-refractivity contribution < 1.29 is 14.9 Å². The van der Waals surface area contributed by atoms with E-state index in [0.29, 0.717) is 5.92 Å². The van der Waals surface area contributed by atoms with E-state index in [0.717, 1.165) is 12.8 Å². The van der Waals surface area contributed by atoms with Crippen molar-refractivity contribution in [3.63, 3.8) is 0 Å². The number of aliphatic hydroxyl groups is 2. The molecule has 0 heterocycles. The number of rotatable bonds is 5. The summed E-state index contributed by atoms with van der Waals surface area (Å²) in [6.45, 7) is 4.07. The van der Waals surface area contributed by atoms with E-state index in [1.807, 2.05) is 13.8 Å². The molecule has 0 aromatic rings. The molecular formula is C9H18O3. The Morgan fingerprint density at radius 3 is 2.33 bits per heavy atom. The second-order valence-electron chi connectivity index (χ2n) is 3.78. The molecule has 2 N–H and O–H groups in total. The summed E-state index contributed by atoms with van der Waals surface area (Å²) in [7, 11) is 0. The van der Waals surface area contributed by atoms with Crippen molar-refractivity contribution >= 4 is 0 Å². The van der Waals surface area contributed by atoms with Crippen LogP contribution < -0.4 is 0 Å². The maximum atomic E-state index is 9.44. The lowest BCUT2D eigenvalue weighted by molar-refractivity contribution is -0.0598. The van der Waals surface area contributed by atoms with Crippen molar-refractivity contribution in [2.24, 2.45) is 5.92 Å². The zero-order chi connectivity index (χ0) is 9.14. The van der Waals surface area contributed by atoms with Gasteiger partial charge in [0, 0.05) is 0 Å².